The summed E-state index contributed by atoms with van der Waals surface area (Å²) in [6.45, 7) is 6.11. The van der Waals surface area contributed by atoms with Gasteiger partial charge in [0.15, 0.2) is 0 Å². The quantitative estimate of drug-likeness (QED) is 0.751. The van der Waals surface area contributed by atoms with E-state index in [1.165, 1.54) is 0 Å². The van der Waals surface area contributed by atoms with Crippen LogP contribution in [-0.2, 0) is 9.47 Å². The Morgan fingerprint density at radius 2 is 2.22 bits per heavy atom. The van der Waals surface area contributed by atoms with Crippen molar-refractivity contribution in [2.24, 2.45) is 5.92 Å². The molecule has 4 nitrogen and oxygen atoms in total. The summed E-state index contributed by atoms with van der Waals surface area (Å²) in [5.41, 5.74) is -0.493. The monoisotopic (exact) mass is 252 g/mol. The van der Waals surface area contributed by atoms with Crippen LogP contribution < -0.4 is 5.32 Å². The van der Waals surface area contributed by atoms with Crippen molar-refractivity contribution in [2.45, 2.75) is 57.2 Å². The smallest absolute Gasteiger partial charge is 0.133 e. The van der Waals surface area contributed by atoms with Crippen LogP contribution in [0.4, 0.5) is 0 Å². The maximum atomic E-state index is 9.50. The number of nitriles is 1. The highest BCUT2D eigenvalue weighted by Gasteiger charge is 2.46. The fraction of sp³-hybridized carbons (Fsp3) is 0.929. The summed E-state index contributed by atoms with van der Waals surface area (Å²) < 4.78 is 11.3. The van der Waals surface area contributed by atoms with E-state index in [1.807, 2.05) is 0 Å². The molecule has 2 aliphatic rings. The van der Waals surface area contributed by atoms with E-state index < -0.39 is 5.54 Å². The van der Waals surface area contributed by atoms with Gasteiger partial charge >= 0.3 is 0 Å². The molecule has 0 aromatic carbocycles. The van der Waals surface area contributed by atoms with Gasteiger partial charge in [-0.05, 0) is 45.4 Å². The topological polar surface area (TPSA) is 54.3 Å². The molecule has 2 unspecified atom stereocenters. The van der Waals surface area contributed by atoms with Crippen molar-refractivity contribution in [1.29, 1.82) is 5.26 Å². The molecule has 1 heterocycles. The molecule has 1 saturated carbocycles. The molecule has 1 N–H and O–H groups in total. The number of nitrogens with one attached hydrogen (secondary N) is 1. The van der Waals surface area contributed by atoms with Crippen molar-refractivity contribution in [1.82, 2.24) is 5.32 Å². The second-order valence-electron chi connectivity index (χ2n) is 5.81. The molecule has 0 aromatic heterocycles. The van der Waals surface area contributed by atoms with Crippen LogP contribution in [0.2, 0.25) is 0 Å². The normalized spacial score (nSPS) is 27.1. The zero-order valence-electron chi connectivity index (χ0n) is 11.4. The first-order chi connectivity index (χ1) is 8.66. The molecule has 0 radical (unpaired) electrons. The minimum atomic E-state index is -0.493. The lowest BCUT2D eigenvalue weighted by Crippen LogP contribution is -2.53. The Morgan fingerprint density at radius 1 is 1.44 bits per heavy atom. The van der Waals surface area contributed by atoms with E-state index in [0.29, 0.717) is 25.2 Å². The van der Waals surface area contributed by atoms with Crippen LogP contribution in [0.25, 0.3) is 0 Å². The Kier molecular flexibility index (Phi) is 4.60. The van der Waals surface area contributed by atoms with Gasteiger partial charge in [0, 0.05) is 12.6 Å². The van der Waals surface area contributed by atoms with Crippen molar-refractivity contribution < 1.29 is 9.47 Å². The second kappa shape index (κ2) is 6.01. The van der Waals surface area contributed by atoms with Crippen molar-refractivity contribution in [3.8, 4) is 6.07 Å². The van der Waals surface area contributed by atoms with Crippen LogP contribution >= 0.6 is 0 Å². The molecule has 0 amide bonds. The Labute approximate surface area is 110 Å². The van der Waals surface area contributed by atoms with E-state index in [1.54, 1.807) is 0 Å². The Balaban J connectivity index is 1.82. The molecular weight excluding hydrogens is 228 g/mol. The van der Waals surface area contributed by atoms with Gasteiger partial charge < -0.3 is 9.47 Å². The van der Waals surface area contributed by atoms with Crippen LogP contribution in [0, 0.1) is 17.2 Å². The molecule has 2 rings (SSSR count). The summed E-state index contributed by atoms with van der Waals surface area (Å²) in [7, 11) is 0. The average molecular weight is 252 g/mol. The average Bonchev–Trinajstić information content (AvgIpc) is 3.07. The Hall–Kier alpha value is -0.630. The molecule has 0 aromatic rings. The maximum absolute atomic E-state index is 9.50. The molecule has 0 bridgehead atoms. The lowest BCUT2D eigenvalue weighted by atomic mass is 9.95. The van der Waals surface area contributed by atoms with Crippen LogP contribution in [-0.4, -0.2) is 37.5 Å². The van der Waals surface area contributed by atoms with Crippen molar-refractivity contribution in [3.05, 3.63) is 0 Å². The van der Waals surface area contributed by atoms with E-state index in [-0.39, 0.29) is 6.10 Å². The molecule has 1 saturated heterocycles. The number of hydrogen-bond acceptors (Lipinski definition) is 4. The van der Waals surface area contributed by atoms with Gasteiger partial charge in [-0.15, -0.1) is 0 Å². The fourth-order valence-electron chi connectivity index (χ4n) is 2.65. The fourth-order valence-corrected chi connectivity index (χ4v) is 2.65. The molecule has 4 heteroatoms. The van der Waals surface area contributed by atoms with Crippen LogP contribution in [0.3, 0.4) is 0 Å². The van der Waals surface area contributed by atoms with Crippen molar-refractivity contribution in [3.63, 3.8) is 0 Å². The minimum Gasteiger partial charge on any atom is -0.376 e. The first-order valence-corrected chi connectivity index (χ1v) is 7.04. The zero-order chi connectivity index (χ0) is 13.0. The first-order valence-electron chi connectivity index (χ1n) is 7.04. The molecular formula is C14H24N2O2. The van der Waals surface area contributed by atoms with E-state index in [4.69, 9.17) is 9.47 Å². The lowest BCUT2D eigenvalue weighted by molar-refractivity contribution is -0.00185. The third-order valence-corrected chi connectivity index (χ3v) is 3.68. The number of nitrogens with zero attached hydrogens (tertiary/aromatic N) is 1. The number of rotatable bonds is 7. The van der Waals surface area contributed by atoms with E-state index in [0.717, 1.165) is 32.3 Å². The Bertz CT molecular complexity index is 303. The summed E-state index contributed by atoms with van der Waals surface area (Å²) >= 11 is 0. The second-order valence-corrected chi connectivity index (χ2v) is 5.81. The number of ether oxygens (including phenoxy) is 2. The van der Waals surface area contributed by atoms with E-state index >= 15 is 0 Å². The van der Waals surface area contributed by atoms with Gasteiger partial charge in [0.1, 0.15) is 5.54 Å². The van der Waals surface area contributed by atoms with Gasteiger partial charge in [0.25, 0.3) is 0 Å². The summed E-state index contributed by atoms with van der Waals surface area (Å²) in [5.74, 6) is 0.453. The predicted molar refractivity (Wildman–Crippen MR) is 69.1 cm³/mol. The zero-order valence-corrected chi connectivity index (χ0v) is 11.4. The third kappa shape index (κ3) is 3.44. The van der Waals surface area contributed by atoms with Gasteiger partial charge in [-0.25, -0.2) is 0 Å². The van der Waals surface area contributed by atoms with Crippen molar-refractivity contribution in [2.75, 3.05) is 19.8 Å². The van der Waals surface area contributed by atoms with Gasteiger partial charge in [0.05, 0.1) is 25.4 Å². The first kappa shape index (κ1) is 13.8. The van der Waals surface area contributed by atoms with E-state index in [9.17, 15) is 5.26 Å². The van der Waals surface area contributed by atoms with Crippen LogP contribution in [0.15, 0.2) is 0 Å². The van der Waals surface area contributed by atoms with Gasteiger partial charge in [-0.3, -0.25) is 5.32 Å². The van der Waals surface area contributed by atoms with Crippen LogP contribution in [0.1, 0.15) is 39.5 Å². The van der Waals surface area contributed by atoms with Gasteiger partial charge in [0.2, 0.25) is 0 Å². The molecule has 2 fully saturated rings. The summed E-state index contributed by atoms with van der Waals surface area (Å²) in [6, 6.07) is 2.76. The van der Waals surface area contributed by atoms with Gasteiger partial charge in [-0.2, -0.15) is 5.26 Å². The largest absolute Gasteiger partial charge is 0.376 e. The molecule has 1 aliphatic carbocycles. The molecule has 0 spiro atoms. The predicted octanol–water partition coefficient (Wildman–Crippen LogP) is 1.85. The van der Waals surface area contributed by atoms with Gasteiger partial charge in [-0.1, -0.05) is 0 Å². The van der Waals surface area contributed by atoms with Crippen molar-refractivity contribution >= 4 is 0 Å². The minimum absolute atomic E-state index is 0.236. The highest BCUT2D eigenvalue weighted by atomic mass is 16.5. The third-order valence-electron chi connectivity index (χ3n) is 3.68. The molecule has 2 atom stereocenters. The van der Waals surface area contributed by atoms with E-state index in [2.05, 4.69) is 25.2 Å². The lowest BCUT2D eigenvalue weighted by Gasteiger charge is -2.30. The Morgan fingerprint density at radius 3 is 2.72 bits per heavy atom. The SMILES string of the molecule is CC(C)NC(C#N)(COCC1CCCO1)C1CC1. The molecule has 18 heavy (non-hydrogen) atoms. The molecule has 1 aliphatic heterocycles. The standard InChI is InChI=1S/C14H24N2O2/c1-11(2)16-14(9-15,12-5-6-12)10-17-8-13-4-3-7-18-13/h11-13,16H,3-8,10H2,1-2H3. The summed E-state index contributed by atoms with van der Waals surface area (Å²) in [6.07, 6.45) is 4.72. The summed E-state index contributed by atoms with van der Waals surface area (Å²) in [5, 5.41) is 12.9. The number of hydrogen-bond donors (Lipinski definition) is 1. The summed E-state index contributed by atoms with van der Waals surface area (Å²) in [4.78, 5) is 0. The highest BCUT2D eigenvalue weighted by molar-refractivity contribution is 5.16. The molecule has 102 valence electrons. The van der Waals surface area contributed by atoms with Crippen LogP contribution in [0.5, 0.6) is 0 Å². The maximum Gasteiger partial charge on any atom is 0.133 e. The highest BCUT2D eigenvalue weighted by Crippen LogP contribution is 2.40.